The number of rotatable bonds is 8. The van der Waals surface area contributed by atoms with Crippen molar-refractivity contribution in [3.8, 4) is 0 Å². The number of carbonyl (C=O) groups excluding carboxylic acids is 3. The Balaban J connectivity index is 1.51. The number of urea groups is 1. The molecule has 2 atom stereocenters. The summed E-state index contributed by atoms with van der Waals surface area (Å²) < 4.78 is 53.0. The van der Waals surface area contributed by atoms with Crippen molar-refractivity contribution in [2.45, 2.75) is 24.7 Å². The highest BCUT2D eigenvalue weighted by Gasteiger charge is 2.47. The first-order valence-electron chi connectivity index (χ1n) is 13.1. The van der Waals surface area contributed by atoms with Gasteiger partial charge in [-0.3, -0.25) is 14.5 Å². The standard InChI is InChI=1S/C31H26F4N4O3/c1-2-16-38-25-18-39(24(17-19-6-4-3-5-7-19)28(40)36-23-14-12-22(32)13-15-23)29(41)26(25)27(37-30(38)42)20-8-10-21(11-9-20)31(33,34)35/h2-15,24,27H,1,16-18H2,(H,36,40)(H,37,42)/t24-,27-/m0/s1. The predicted octanol–water partition coefficient (Wildman–Crippen LogP) is 5.44. The maximum atomic E-state index is 14.1. The van der Waals surface area contributed by atoms with Crippen molar-refractivity contribution in [2.24, 2.45) is 0 Å². The second-order valence-corrected chi connectivity index (χ2v) is 9.90. The molecule has 2 N–H and O–H groups in total. The quantitative estimate of drug-likeness (QED) is 0.276. The van der Waals surface area contributed by atoms with Gasteiger partial charge in [-0.25, -0.2) is 9.18 Å². The molecule has 216 valence electrons. The third-order valence-corrected chi connectivity index (χ3v) is 7.20. The summed E-state index contributed by atoms with van der Waals surface area (Å²) >= 11 is 0. The largest absolute Gasteiger partial charge is 0.416 e. The molecule has 11 heteroatoms. The topological polar surface area (TPSA) is 81.8 Å². The molecule has 2 aliphatic rings. The van der Waals surface area contributed by atoms with Crippen molar-refractivity contribution in [3.05, 3.63) is 125 Å². The van der Waals surface area contributed by atoms with E-state index in [4.69, 9.17) is 0 Å². The molecule has 2 aliphatic heterocycles. The zero-order valence-corrected chi connectivity index (χ0v) is 22.2. The first-order chi connectivity index (χ1) is 20.1. The van der Waals surface area contributed by atoms with Gasteiger partial charge in [0, 0.05) is 18.7 Å². The van der Waals surface area contributed by atoms with Crippen LogP contribution >= 0.6 is 0 Å². The number of nitrogens with one attached hydrogen (secondary N) is 2. The van der Waals surface area contributed by atoms with Crippen molar-refractivity contribution >= 4 is 23.5 Å². The smallest absolute Gasteiger partial charge is 0.326 e. The monoisotopic (exact) mass is 578 g/mol. The van der Waals surface area contributed by atoms with Crippen molar-refractivity contribution in [3.63, 3.8) is 0 Å². The number of anilines is 1. The van der Waals surface area contributed by atoms with Crippen LogP contribution in [0.4, 0.5) is 28.0 Å². The van der Waals surface area contributed by atoms with E-state index in [-0.39, 0.29) is 30.6 Å². The fourth-order valence-electron chi connectivity index (χ4n) is 5.14. The van der Waals surface area contributed by atoms with Crippen LogP contribution in [0, 0.1) is 5.82 Å². The molecule has 3 aromatic carbocycles. The minimum atomic E-state index is -4.55. The molecule has 42 heavy (non-hydrogen) atoms. The van der Waals surface area contributed by atoms with Crippen LogP contribution < -0.4 is 10.6 Å². The summed E-state index contributed by atoms with van der Waals surface area (Å²) in [4.78, 5) is 43.6. The van der Waals surface area contributed by atoms with Crippen molar-refractivity contribution in [1.82, 2.24) is 15.1 Å². The number of hydrogen-bond donors (Lipinski definition) is 2. The van der Waals surface area contributed by atoms with Crippen molar-refractivity contribution in [1.29, 1.82) is 0 Å². The van der Waals surface area contributed by atoms with Gasteiger partial charge in [0.25, 0.3) is 5.91 Å². The number of nitrogens with zero attached hydrogens (tertiary/aromatic N) is 2. The highest BCUT2D eigenvalue weighted by molar-refractivity contribution is 6.05. The molecule has 0 unspecified atom stereocenters. The van der Waals surface area contributed by atoms with E-state index < -0.39 is 47.5 Å². The van der Waals surface area contributed by atoms with Gasteiger partial charge >= 0.3 is 12.2 Å². The van der Waals surface area contributed by atoms with Crippen LogP contribution in [0.5, 0.6) is 0 Å². The summed E-state index contributed by atoms with van der Waals surface area (Å²) in [5.41, 5.74) is 1.01. The fourth-order valence-corrected chi connectivity index (χ4v) is 5.14. The lowest BCUT2D eigenvalue weighted by Crippen LogP contribution is -2.47. The average molecular weight is 579 g/mol. The summed E-state index contributed by atoms with van der Waals surface area (Å²) in [6.07, 6.45) is -2.94. The molecule has 0 bridgehead atoms. The predicted molar refractivity (Wildman–Crippen MR) is 147 cm³/mol. The Morgan fingerprint density at radius 3 is 2.31 bits per heavy atom. The number of carbonyl (C=O) groups is 3. The van der Waals surface area contributed by atoms with Gasteiger partial charge in [0.1, 0.15) is 11.9 Å². The van der Waals surface area contributed by atoms with Gasteiger partial charge in [0.05, 0.1) is 29.4 Å². The van der Waals surface area contributed by atoms with Gasteiger partial charge < -0.3 is 15.5 Å². The minimum Gasteiger partial charge on any atom is -0.326 e. The lowest BCUT2D eigenvalue weighted by Gasteiger charge is -2.33. The number of hydrogen-bond acceptors (Lipinski definition) is 3. The molecule has 7 nitrogen and oxygen atoms in total. The summed E-state index contributed by atoms with van der Waals surface area (Å²) in [6, 6.07) is 15.8. The van der Waals surface area contributed by atoms with Crippen LogP contribution in [0.15, 0.2) is 103 Å². The van der Waals surface area contributed by atoms with Gasteiger partial charge in [-0.05, 0) is 47.5 Å². The first-order valence-corrected chi connectivity index (χ1v) is 13.1. The summed E-state index contributed by atoms with van der Waals surface area (Å²) in [5.74, 6) is -1.55. The minimum absolute atomic E-state index is 0.0661. The second-order valence-electron chi connectivity index (χ2n) is 9.90. The molecule has 0 aliphatic carbocycles. The van der Waals surface area contributed by atoms with Gasteiger partial charge in [-0.1, -0.05) is 48.5 Å². The van der Waals surface area contributed by atoms with Crippen molar-refractivity contribution in [2.75, 3.05) is 18.4 Å². The molecular formula is C31H26F4N4O3. The second kappa shape index (κ2) is 11.5. The Hall–Kier alpha value is -4.93. The van der Waals surface area contributed by atoms with E-state index in [9.17, 15) is 31.9 Å². The van der Waals surface area contributed by atoms with Crippen LogP contribution in [-0.4, -0.2) is 46.8 Å². The van der Waals surface area contributed by atoms with E-state index in [0.717, 1.165) is 17.7 Å². The lowest BCUT2D eigenvalue weighted by atomic mass is 9.94. The Morgan fingerprint density at radius 1 is 1.02 bits per heavy atom. The van der Waals surface area contributed by atoms with Crippen LogP contribution in [0.1, 0.15) is 22.7 Å². The number of alkyl halides is 3. The van der Waals surface area contributed by atoms with Gasteiger partial charge in [0.2, 0.25) is 5.91 Å². The van der Waals surface area contributed by atoms with Crippen LogP contribution in [0.25, 0.3) is 0 Å². The fraction of sp³-hybridized carbons (Fsp3) is 0.194. The molecule has 0 fully saturated rings. The zero-order valence-electron chi connectivity index (χ0n) is 22.2. The van der Waals surface area contributed by atoms with Gasteiger partial charge in [-0.2, -0.15) is 13.2 Å². The Bertz CT molecular complexity index is 1540. The molecule has 0 saturated heterocycles. The van der Waals surface area contributed by atoms with Gasteiger partial charge in [0.15, 0.2) is 0 Å². The van der Waals surface area contributed by atoms with E-state index in [1.165, 1.54) is 52.3 Å². The molecule has 0 radical (unpaired) electrons. The molecule has 4 amide bonds. The SMILES string of the molecule is C=CCN1C(=O)N[C@@H](c2ccc(C(F)(F)F)cc2)C2=C1CN([C@@H](Cc1ccccc1)C(=O)Nc1ccc(F)cc1)C2=O. The molecule has 5 rings (SSSR count). The normalized spacial score (nSPS) is 17.6. The lowest BCUT2D eigenvalue weighted by molar-refractivity contribution is -0.137. The molecule has 0 saturated carbocycles. The molecule has 2 heterocycles. The number of halogens is 4. The van der Waals surface area contributed by atoms with Crippen LogP contribution in [0.3, 0.4) is 0 Å². The maximum Gasteiger partial charge on any atom is 0.416 e. The summed E-state index contributed by atoms with van der Waals surface area (Å²) in [7, 11) is 0. The molecule has 0 spiro atoms. The third kappa shape index (κ3) is 5.76. The molecular weight excluding hydrogens is 552 g/mol. The zero-order chi connectivity index (χ0) is 30.0. The Labute approximate surface area is 239 Å². The number of amides is 4. The molecule has 0 aromatic heterocycles. The van der Waals surface area contributed by atoms with Crippen molar-refractivity contribution < 1.29 is 31.9 Å². The van der Waals surface area contributed by atoms with E-state index in [2.05, 4.69) is 17.2 Å². The third-order valence-electron chi connectivity index (χ3n) is 7.20. The first kappa shape index (κ1) is 28.6. The van der Waals surface area contributed by atoms with Crippen LogP contribution in [-0.2, 0) is 22.2 Å². The average Bonchev–Trinajstić information content (AvgIpc) is 3.31. The Morgan fingerprint density at radius 2 is 1.69 bits per heavy atom. The summed E-state index contributed by atoms with van der Waals surface area (Å²) in [5, 5.41) is 5.47. The van der Waals surface area contributed by atoms with Gasteiger partial charge in [-0.15, -0.1) is 6.58 Å². The Kier molecular flexibility index (Phi) is 7.84. The maximum absolute atomic E-state index is 14.1. The highest BCUT2D eigenvalue weighted by atomic mass is 19.4. The van der Waals surface area contributed by atoms with E-state index in [0.29, 0.717) is 11.4 Å². The number of benzene rings is 3. The van der Waals surface area contributed by atoms with E-state index >= 15 is 0 Å². The summed E-state index contributed by atoms with van der Waals surface area (Å²) in [6.45, 7) is 3.65. The van der Waals surface area contributed by atoms with E-state index in [1.54, 1.807) is 12.1 Å². The molecule has 3 aromatic rings. The van der Waals surface area contributed by atoms with Crippen LogP contribution in [0.2, 0.25) is 0 Å². The highest BCUT2D eigenvalue weighted by Crippen LogP contribution is 2.38. The van der Waals surface area contributed by atoms with E-state index in [1.807, 2.05) is 18.2 Å².